The summed E-state index contributed by atoms with van der Waals surface area (Å²) in [6, 6.07) is 0. The summed E-state index contributed by atoms with van der Waals surface area (Å²) in [5.74, 6) is 0.170. The molecule has 0 aliphatic carbocycles. The Kier molecular flexibility index (Phi) is 14.1. The second-order valence-corrected chi connectivity index (χ2v) is 10.8. The fourth-order valence-electron chi connectivity index (χ4n) is 2.67. The van der Waals surface area contributed by atoms with Crippen molar-refractivity contribution in [1.29, 1.82) is 0 Å². The van der Waals surface area contributed by atoms with Crippen molar-refractivity contribution in [2.45, 2.75) is 115 Å². The molecule has 0 saturated carbocycles. The van der Waals surface area contributed by atoms with Gasteiger partial charge in [0.2, 0.25) is 0 Å². The van der Waals surface area contributed by atoms with Gasteiger partial charge >= 0.3 is 0 Å². The van der Waals surface area contributed by atoms with Crippen molar-refractivity contribution in [2.75, 3.05) is 0 Å². The molecule has 0 amide bonds. The molecule has 1 atom stereocenters. The molecule has 23 heavy (non-hydrogen) atoms. The van der Waals surface area contributed by atoms with E-state index in [-0.39, 0.29) is 10.7 Å². The van der Waals surface area contributed by atoms with Crippen LogP contribution in [0.1, 0.15) is 98.8 Å². The topological polar surface area (TPSA) is 0 Å². The predicted molar refractivity (Wildman–Crippen MR) is 106 cm³/mol. The van der Waals surface area contributed by atoms with Crippen molar-refractivity contribution in [2.24, 2.45) is 5.92 Å². The van der Waals surface area contributed by atoms with Crippen LogP contribution in [-0.2, 0) is 0 Å². The molecule has 0 rings (SSSR count). The van der Waals surface area contributed by atoms with E-state index in [1.165, 1.54) is 49.3 Å². The number of halogens is 2. The molecule has 0 fully saturated rings. The third-order valence-electron chi connectivity index (χ3n) is 3.98. The quantitative estimate of drug-likeness (QED) is 0.223. The van der Waals surface area contributed by atoms with Crippen molar-refractivity contribution in [3.05, 3.63) is 0 Å². The Bertz CT molecular complexity index is 253. The van der Waals surface area contributed by atoms with E-state index in [1.807, 2.05) is 0 Å². The van der Waals surface area contributed by atoms with Crippen molar-refractivity contribution >= 4 is 21.6 Å². The largest absolute Gasteiger partial charge is 0.251 e. The van der Waals surface area contributed by atoms with Crippen LogP contribution in [0, 0.1) is 5.92 Å². The SMILES string of the molecule is CCCCCCC(CCCCCC)[C@@H](SSC(C)(C)C)C(F)F. The zero-order valence-corrected chi connectivity index (χ0v) is 17.5. The van der Waals surface area contributed by atoms with Crippen LogP contribution in [0.2, 0.25) is 0 Å². The van der Waals surface area contributed by atoms with Crippen LogP contribution >= 0.6 is 21.6 Å². The van der Waals surface area contributed by atoms with Crippen LogP contribution in [0.3, 0.4) is 0 Å². The van der Waals surface area contributed by atoms with Crippen LogP contribution in [0.25, 0.3) is 0 Å². The number of rotatable bonds is 14. The number of hydrogen-bond acceptors (Lipinski definition) is 2. The van der Waals surface area contributed by atoms with Crippen LogP contribution in [0.4, 0.5) is 8.78 Å². The lowest BCUT2D eigenvalue weighted by Crippen LogP contribution is -2.25. The van der Waals surface area contributed by atoms with Crippen LogP contribution in [-0.4, -0.2) is 16.4 Å². The first kappa shape index (κ1) is 23.6. The molecule has 0 aliphatic rings. The average molecular weight is 369 g/mol. The molecular formula is C19H38F2S2. The van der Waals surface area contributed by atoms with E-state index in [2.05, 4.69) is 34.6 Å². The highest BCUT2D eigenvalue weighted by atomic mass is 33.1. The number of hydrogen-bond donors (Lipinski definition) is 0. The van der Waals surface area contributed by atoms with Gasteiger partial charge in [-0.3, -0.25) is 0 Å². The minimum absolute atomic E-state index is 0.0345. The van der Waals surface area contributed by atoms with E-state index in [0.29, 0.717) is 0 Å². The van der Waals surface area contributed by atoms with Crippen molar-refractivity contribution in [3.8, 4) is 0 Å². The molecule has 0 radical (unpaired) electrons. The van der Waals surface area contributed by atoms with E-state index in [4.69, 9.17) is 0 Å². The van der Waals surface area contributed by atoms with Gasteiger partial charge in [-0.1, -0.05) is 108 Å². The second kappa shape index (κ2) is 13.8. The summed E-state index contributed by atoms with van der Waals surface area (Å²) in [6.07, 6.45) is 9.19. The fourth-order valence-corrected chi connectivity index (χ4v) is 5.50. The van der Waals surface area contributed by atoms with Crippen LogP contribution in [0.15, 0.2) is 0 Å². The summed E-state index contributed by atoms with van der Waals surface area (Å²) in [7, 11) is 3.06. The van der Waals surface area contributed by atoms with Gasteiger partial charge in [-0.25, -0.2) is 8.78 Å². The van der Waals surface area contributed by atoms with Crippen LogP contribution < -0.4 is 0 Å². The van der Waals surface area contributed by atoms with Crippen molar-refractivity contribution in [1.82, 2.24) is 0 Å². The van der Waals surface area contributed by atoms with Gasteiger partial charge < -0.3 is 0 Å². The lowest BCUT2D eigenvalue weighted by molar-refractivity contribution is 0.117. The molecular weight excluding hydrogens is 330 g/mol. The molecule has 0 aromatic carbocycles. The van der Waals surface area contributed by atoms with E-state index in [0.717, 1.165) is 25.7 Å². The van der Waals surface area contributed by atoms with Gasteiger partial charge in [-0.05, 0) is 18.8 Å². The monoisotopic (exact) mass is 368 g/mol. The second-order valence-electron chi connectivity index (χ2n) is 7.55. The van der Waals surface area contributed by atoms with Gasteiger partial charge in [0.05, 0.1) is 5.25 Å². The molecule has 0 aromatic rings. The average Bonchev–Trinajstić information content (AvgIpc) is 2.45. The first-order valence-corrected chi connectivity index (χ1v) is 11.7. The normalized spacial score (nSPS) is 14.0. The highest BCUT2D eigenvalue weighted by molar-refractivity contribution is 8.77. The summed E-state index contributed by atoms with van der Waals surface area (Å²) >= 11 is 0. The van der Waals surface area contributed by atoms with Gasteiger partial charge in [0.15, 0.2) is 0 Å². The Hall–Kier alpha value is 0.560. The number of unbranched alkanes of at least 4 members (excludes halogenated alkanes) is 6. The Morgan fingerprint density at radius 3 is 1.61 bits per heavy atom. The standard InChI is InChI=1S/C19H38F2S2/c1-6-8-10-12-14-16(15-13-11-9-7-2)17(18(20)21)22-23-19(3,4)5/h16-18H,6-15H2,1-5H3/t17-/m1/s1. The highest BCUT2D eigenvalue weighted by Crippen LogP contribution is 2.44. The Morgan fingerprint density at radius 1 is 0.783 bits per heavy atom. The summed E-state index contributed by atoms with van der Waals surface area (Å²) in [5.41, 5.74) is 0. The fraction of sp³-hybridized carbons (Fsp3) is 1.00. The molecule has 0 nitrogen and oxygen atoms in total. The van der Waals surface area contributed by atoms with Gasteiger partial charge in [0.25, 0.3) is 6.43 Å². The van der Waals surface area contributed by atoms with Crippen molar-refractivity contribution in [3.63, 3.8) is 0 Å². The van der Waals surface area contributed by atoms with E-state index < -0.39 is 11.7 Å². The lowest BCUT2D eigenvalue weighted by atomic mass is 9.91. The highest BCUT2D eigenvalue weighted by Gasteiger charge is 2.31. The molecule has 0 aliphatic heterocycles. The van der Waals surface area contributed by atoms with Gasteiger partial charge in [0.1, 0.15) is 0 Å². The Balaban J connectivity index is 4.57. The molecule has 4 heteroatoms. The van der Waals surface area contributed by atoms with Crippen molar-refractivity contribution < 1.29 is 8.78 Å². The first-order valence-electron chi connectivity index (χ1n) is 9.44. The Labute approximate surface area is 151 Å². The molecule has 0 heterocycles. The maximum atomic E-state index is 13.6. The molecule has 0 unspecified atom stereocenters. The third kappa shape index (κ3) is 13.5. The number of alkyl halides is 2. The zero-order chi connectivity index (χ0) is 17.7. The Morgan fingerprint density at radius 2 is 1.26 bits per heavy atom. The molecule has 0 bridgehead atoms. The summed E-state index contributed by atoms with van der Waals surface area (Å²) in [4.78, 5) is 0. The molecule has 0 spiro atoms. The van der Waals surface area contributed by atoms with Gasteiger partial charge in [0, 0.05) is 4.75 Å². The van der Waals surface area contributed by atoms with E-state index in [9.17, 15) is 8.78 Å². The maximum absolute atomic E-state index is 13.6. The minimum atomic E-state index is -2.21. The predicted octanol–water partition coefficient (Wildman–Crippen LogP) is 8.36. The van der Waals surface area contributed by atoms with Gasteiger partial charge in [-0.15, -0.1) is 0 Å². The zero-order valence-electron chi connectivity index (χ0n) is 15.9. The summed E-state index contributed by atoms with van der Waals surface area (Å²) in [5, 5.41) is -0.512. The van der Waals surface area contributed by atoms with Gasteiger partial charge in [-0.2, -0.15) is 0 Å². The maximum Gasteiger partial charge on any atom is 0.251 e. The van der Waals surface area contributed by atoms with E-state index in [1.54, 1.807) is 10.8 Å². The molecule has 0 aromatic heterocycles. The summed E-state index contributed by atoms with van der Waals surface area (Å²) in [6.45, 7) is 10.7. The smallest absolute Gasteiger partial charge is 0.209 e. The third-order valence-corrected chi connectivity index (χ3v) is 7.84. The lowest BCUT2D eigenvalue weighted by Gasteiger charge is -2.28. The molecule has 140 valence electrons. The van der Waals surface area contributed by atoms with E-state index >= 15 is 0 Å². The summed E-state index contributed by atoms with van der Waals surface area (Å²) < 4.78 is 27.3. The molecule has 0 N–H and O–H groups in total. The first-order chi connectivity index (χ1) is 10.8. The molecule has 0 saturated heterocycles. The minimum Gasteiger partial charge on any atom is -0.209 e. The van der Waals surface area contributed by atoms with Crippen LogP contribution in [0.5, 0.6) is 0 Å².